The molecule has 0 radical (unpaired) electrons. The van der Waals surface area contributed by atoms with E-state index < -0.39 is 0 Å². The molecule has 1 aliphatic rings. The van der Waals surface area contributed by atoms with E-state index in [4.69, 9.17) is 5.73 Å². The van der Waals surface area contributed by atoms with Crippen molar-refractivity contribution in [3.63, 3.8) is 0 Å². The monoisotopic (exact) mass is 296 g/mol. The average molecular weight is 297 g/mol. The third-order valence-electron chi connectivity index (χ3n) is 4.27. The highest BCUT2D eigenvalue weighted by Crippen LogP contribution is 2.31. The van der Waals surface area contributed by atoms with Gasteiger partial charge in [-0.15, -0.1) is 12.4 Å². The minimum absolute atomic E-state index is 0. The summed E-state index contributed by atoms with van der Waals surface area (Å²) in [4.78, 5) is 14.7. The van der Waals surface area contributed by atoms with Gasteiger partial charge in [0.05, 0.1) is 5.92 Å². The molecule has 4 heteroatoms. The third-order valence-corrected chi connectivity index (χ3v) is 4.27. The number of halogens is 1. The van der Waals surface area contributed by atoms with Crippen LogP contribution in [0.2, 0.25) is 0 Å². The zero-order valence-corrected chi connectivity index (χ0v) is 13.2. The molecule has 0 bridgehead atoms. The molecule has 2 rings (SSSR count). The summed E-state index contributed by atoms with van der Waals surface area (Å²) in [6.07, 6.45) is 1.86. The van der Waals surface area contributed by atoms with E-state index in [-0.39, 0.29) is 29.6 Å². The molecular weight excluding hydrogens is 272 g/mol. The number of carbonyl (C=O) groups excluding carboxylic acids is 1. The lowest BCUT2D eigenvalue weighted by Crippen LogP contribution is -2.37. The van der Waals surface area contributed by atoms with E-state index in [2.05, 4.69) is 13.8 Å². The van der Waals surface area contributed by atoms with Crippen molar-refractivity contribution in [1.82, 2.24) is 4.90 Å². The second-order valence-electron chi connectivity index (χ2n) is 5.90. The third kappa shape index (κ3) is 3.53. The Balaban J connectivity index is 0.00000200. The van der Waals surface area contributed by atoms with Gasteiger partial charge in [0.2, 0.25) is 5.91 Å². The molecule has 1 aliphatic heterocycles. The normalized spacial score (nSPS) is 23.2. The molecule has 2 atom stereocenters. The Morgan fingerprint density at radius 1 is 1.40 bits per heavy atom. The topological polar surface area (TPSA) is 46.3 Å². The zero-order valence-electron chi connectivity index (χ0n) is 12.3. The molecular formula is C16H25ClN2O. The van der Waals surface area contributed by atoms with Gasteiger partial charge < -0.3 is 10.6 Å². The maximum absolute atomic E-state index is 12.7. The first-order chi connectivity index (χ1) is 9.09. The van der Waals surface area contributed by atoms with Gasteiger partial charge in [0, 0.05) is 13.1 Å². The zero-order chi connectivity index (χ0) is 13.9. The van der Waals surface area contributed by atoms with Gasteiger partial charge in [0.1, 0.15) is 0 Å². The molecule has 1 fully saturated rings. The number of hydrogen-bond acceptors (Lipinski definition) is 2. The van der Waals surface area contributed by atoms with Gasteiger partial charge in [0.25, 0.3) is 0 Å². The van der Waals surface area contributed by atoms with Gasteiger partial charge in [-0.2, -0.15) is 0 Å². The maximum atomic E-state index is 12.7. The summed E-state index contributed by atoms with van der Waals surface area (Å²) >= 11 is 0. The molecule has 0 saturated carbocycles. The van der Waals surface area contributed by atoms with Crippen molar-refractivity contribution in [3.8, 4) is 0 Å². The number of amides is 1. The lowest BCUT2D eigenvalue weighted by Gasteiger charge is -2.26. The van der Waals surface area contributed by atoms with Crippen molar-refractivity contribution < 1.29 is 4.79 Å². The largest absolute Gasteiger partial charge is 0.342 e. The Morgan fingerprint density at radius 2 is 2.05 bits per heavy atom. The summed E-state index contributed by atoms with van der Waals surface area (Å²) in [5, 5.41) is 0. The summed E-state index contributed by atoms with van der Waals surface area (Å²) in [7, 11) is 0. The summed E-state index contributed by atoms with van der Waals surface area (Å²) < 4.78 is 0. The van der Waals surface area contributed by atoms with Crippen molar-refractivity contribution >= 4 is 18.3 Å². The SMILES string of the molecule is CCC(C(=O)N1CCC(C)(CN)C1)c1ccccc1.Cl. The lowest BCUT2D eigenvalue weighted by molar-refractivity contribution is -0.132. The number of carbonyl (C=O) groups is 1. The van der Waals surface area contributed by atoms with Crippen molar-refractivity contribution in [3.05, 3.63) is 35.9 Å². The van der Waals surface area contributed by atoms with Gasteiger partial charge in [-0.3, -0.25) is 4.79 Å². The van der Waals surface area contributed by atoms with Crippen LogP contribution in [0.25, 0.3) is 0 Å². The Labute approximate surface area is 127 Å². The lowest BCUT2D eigenvalue weighted by atomic mass is 9.90. The van der Waals surface area contributed by atoms with Crippen molar-refractivity contribution in [2.24, 2.45) is 11.1 Å². The highest BCUT2D eigenvalue weighted by Gasteiger charge is 2.36. The molecule has 1 amide bonds. The maximum Gasteiger partial charge on any atom is 0.230 e. The van der Waals surface area contributed by atoms with E-state index in [0.717, 1.165) is 31.5 Å². The fraction of sp³-hybridized carbons (Fsp3) is 0.562. The van der Waals surface area contributed by atoms with Gasteiger partial charge in [0.15, 0.2) is 0 Å². The highest BCUT2D eigenvalue weighted by molar-refractivity contribution is 5.85. The van der Waals surface area contributed by atoms with Crippen LogP contribution in [0, 0.1) is 5.41 Å². The number of nitrogens with zero attached hydrogens (tertiary/aromatic N) is 1. The van der Waals surface area contributed by atoms with Crippen molar-refractivity contribution in [1.29, 1.82) is 0 Å². The molecule has 1 aromatic carbocycles. The van der Waals surface area contributed by atoms with Crippen LogP contribution >= 0.6 is 12.4 Å². The minimum Gasteiger partial charge on any atom is -0.342 e. The Bertz CT molecular complexity index is 437. The van der Waals surface area contributed by atoms with Gasteiger partial charge in [-0.1, -0.05) is 44.2 Å². The van der Waals surface area contributed by atoms with Crippen LogP contribution in [0.15, 0.2) is 30.3 Å². The van der Waals surface area contributed by atoms with Crippen LogP contribution in [0.1, 0.15) is 38.2 Å². The number of hydrogen-bond donors (Lipinski definition) is 1. The van der Waals surface area contributed by atoms with Gasteiger partial charge in [-0.25, -0.2) is 0 Å². The molecule has 1 aromatic rings. The molecule has 3 nitrogen and oxygen atoms in total. The number of benzene rings is 1. The second kappa shape index (κ2) is 7.09. The van der Waals surface area contributed by atoms with Crippen LogP contribution in [0.4, 0.5) is 0 Å². The number of nitrogens with two attached hydrogens (primary N) is 1. The molecule has 1 heterocycles. The highest BCUT2D eigenvalue weighted by atomic mass is 35.5. The van der Waals surface area contributed by atoms with Crippen molar-refractivity contribution in [2.75, 3.05) is 19.6 Å². The summed E-state index contributed by atoms with van der Waals surface area (Å²) in [5.74, 6) is 0.243. The Kier molecular flexibility index (Phi) is 6.03. The van der Waals surface area contributed by atoms with Gasteiger partial charge >= 0.3 is 0 Å². The van der Waals surface area contributed by atoms with E-state index in [1.165, 1.54) is 0 Å². The standard InChI is InChI=1S/C16H24N2O.ClH/c1-3-14(13-7-5-4-6-8-13)15(19)18-10-9-16(2,11-17)12-18;/h4-8,14H,3,9-12,17H2,1-2H3;1H. The molecule has 2 N–H and O–H groups in total. The molecule has 20 heavy (non-hydrogen) atoms. The molecule has 2 unspecified atom stereocenters. The smallest absolute Gasteiger partial charge is 0.230 e. The van der Waals surface area contributed by atoms with Crippen LogP contribution in [0.3, 0.4) is 0 Å². The first-order valence-electron chi connectivity index (χ1n) is 7.13. The summed E-state index contributed by atoms with van der Waals surface area (Å²) in [6, 6.07) is 10.1. The Hall–Kier alpha value is -1.06. The van der Waals surface area contributed by atoms with Crippen LogP contribution in [-0.4, -0.2) is 30.4 Å². The molecule has 112 valence electrons. The molecule has 0 aromatic heterocycles. The number of likely N-dealkylation sites (tertiary alicyclic amines) is 1. The molecule has 1 saturated heterocycles. The van der Waals surface area contributed by atoms with Crippen molar-refractivity contribution in [2.45, 2.75) is 32.6 Å². The molecule has 0 aliphatic carbocycles. The van der Waals surface area contributed by atoms with E-state index in [9.17, 15) is 4.79 Å². The fourth-order valence-corrected chi connectivity index (χ4v) is 2.84. The Morgan fingerprint density at radius 3 is 2.55 bits per heavy atom. The second-order valence-corrected chi connectivity index (χ2v) is 5.90. The predicted octanol–water partition coefficient (Wildman–Crippen LogP) is 2.80. The summed E-state index contributed by atoms with van der Waals surface area (Å²) in [6.45, 7) is 6.54. The number of rotatable bonds is 4. The minimum atomic E-state index is -0.0127. The quantitative estimate of drug-likeness (QED) is 0.929. The fourth-order valence-electron chi connectivity index (χ4n) is 2.84. The summed E-state index contributed by atoms with van der Waals surface area (Å²) in [5.41, 5.74) is 7.04. The van der Waals surface area contributed by atoms with Crippen LogP contribution in [-0.2, 0) is 4.79 Å². The first-order valence-corrected chi connectivity index (χ1v) is 7.13. The molecule has 0 spiro atoms. The first kappa shape index (κ1) is 17.0. The average Bonchev–Trinajstić information content (AvgIpc) is 2.84. The van der Waals surface area contributed by atoms with E-state index in [0.29, 0.717) is 6.54 Å². The predicted molar refractivity (Wildman–Crippen MR) is 85.1 cm³/mol. The van der Waals surface area contributed by atoms with Crippen LogP contribution < -0.4 is 5.73 Å². The van der Waals surface area contributed by atoms with E-state index >= 15 is 0 Å². The van der Waals surface area contributed by atoms with E-state index in [1.807, 2.05) is 35.2 Å². The van der Waals surface area contributed by atoms with Gasteiger partial charge in [-0.05, 0) is 30.4 Å². The van der Waals surface area contributed by atoms with E-state index in [1.54, 1.807) is 0 Å². The van der Waals surface area contributed by atoms with Crippen LogP contribution in [0.5, 0.6) is 0 Å².